The maximum absolute atomic E-state index is 15.2. The van der Waals surface area contributed by atoms with Crippen molar-refractivity contribution in [2.45, 2.75) is 62.5 Å². The van der Waals surface area contributed by atoms with Gasteiger partial charge in [0, 0.05) is 41.3 Å². The maximum Gasteiger partial charge on any atom is 0.331 e. The van der Waals surface area contributed by atoms with Crippen LogP contribution in [0.5, 0.6) is 5.75 Å². The summed E-state index contributed by atoms with van der Waals surface area (Å²) in [4.78, 5) is 81.2. The number of carbonyl (C=O) groups excluding carboxylic acids is 6. The Morgan fingerprint density at radius 3 is 1.84 bits per heavy atom. The van der Waals surface area contributed by atoms with Crippen molar-refractivity contribution >= 4 is 53.3 Å². The fraction of sp³-hybridized carbons (Fsp3) is 0.351. The van der Waals surface area contributed by atoms with Crippen molar-refractivity contribution in [3.8, 4) is 5.75 Å². The number of imide groups is 1. The summed E-state index contributed by atoms with van der Waals surface area (Å²) in [5.41, 5.74) is 1.53. The molecule has 1 aliphatic rings. The van der Waals surface area contributed by atoms with Crippen LogP contribution in [0, 0.1) is 0 Å². The van der Waals surface area contributed by atoms with E-state index >= 15 is 4.79 Å². The molecular formula is C37H40N2O11S. The predicted molar refractivity (Wildman–Crippen MR) is 187 cm³/mol. The van der Waals surface area contributed by atoms with Crippen LogP contribution >= 0.6 is 11.8 Å². The fourth-order valence-electron chi connectivity index (χ4n) is 5.63. The summed E-state index contributed by atoms with van der Waals surface area (Å²) in [6, 6.07) is 23.6. The third-order valence-corrected chi connectivity index (χ3v) is 9.51. The minimum atomic E-state index is -1.59. The number of hydrogen-bond acceptors (Lipinski definition) is 12. The smallest absolute Gasteiger partial charge is 0.331 e. The van der Waals surface area contributed by atoms with E-state index in [9.17, 15) is 24.0 Å². The Morgan fingerprint density at radius 1 is 0.745 bits per heavy atom. The van der Waals surface area contributed by atoms with E-state index in [1.165, 1.54) is 12.0 Å². The molecule has 270 valence electrons. The maximum atomic E-state index is 15.2. The van der Waals surface area contributed by atoms with Crippen molar-refractivity contribution in [2.24, 2.45) is 0 Å². The van der Waals surface area contributed by atoms with Crippen LogP contribution in [0.4, 0.5) is 10.5 Å². The molecule has 1 fully saturated rings. The number of amides is 3. The molecule has 3 aromatic rings. The number of esters is 4. The Labute approximate surface area is 300 Å². The second-order valence-corrected chi connectivity index (χ2v) is 13.1. The third kappa shape index (κ3) is 9.45. The highest BCUT2D eigenvalue weighted by Crippen LogP contribution is 2.65. The standard InChI is InChI=1S/C37H40N2O11S/c1-23(40)47-22-31(48-24(2)41)32(49-25(3)42)33(50-26(4)43)34-37(51-34,28-15-11-8-12-16-28)35(44)39(29-17-19-30(46-6)20-18-29)36(45)38(5)21-27-13-9-7-10-14-27/h7-20,31-34H,21-22H2,1-6H3/t31-,32-,33+,34+,37+/m1/s1. The Bertz CT molecular complexity index is 1720. The van der Waals surface area contributed by atoms with Gasteiger partial charge >= 0.3 is 29.9 Å². The van der Waals surface area contributed by atoms with Crippen LogP contribution in [0.25, 0.3) is 0 Å². The summed E-state index contributed by atoms with van der Waals surface area (Å²) in [5, 5.41) is -0.996. The lowest BCUT2D eigenvalue weighted by Gasteiger charge is -2.34. The average Bonchev–Trinajstić information content (AvgIpc) is 3.85. The first-order valence-corrected chi connectivity index (χ1v) is 16.8. The van der Waals surface area contributed by atoms with E-state index in [-0.39, 0.29) is 12.2 Å². The van der Waals surface area contributed by atoms with Gasteiger partial charge in [0.2, 0.25) is 0 Å². The number of methoxy groups -OCH3 is 1. The number of ether oxygens (including phenoxy) is 5. The molecule has 0 spiro atoms. The second-order valence-electron chi connectivity index (χ2n) is 11.7. The van der Waals surface area contributed by atoms with Gasteiger partial charge in [-0.1, -0.05) is 60.7 Å². The molecule has 1 heterocycles. The van der Waals surface area contributed by atoms with Crippen molar-refractivity contribution in [1.82, 2.24) is 4.90 Å². The van der Waals surface area contributed by atoms with Gasteiger partial charge in [-0.05, 0) is 35.4 Å². The molecule has 51 heavy (non-hydrogen) atoms. The number of nitrogens with zero attached hydrogens (tertiary/aromatic N) is 2. The monoisotopic (exact) mass is 720 g/mol. The van der Waals surface area contributed by atoms with Crippen LogP contribution < -0.4 is 9.64 Å². The molecule has 0 N–H and O–H groups in total. The van der Waals surface area contributed by atoms with E-state index in [4.69, 9.17) is 23.7 Å². The van der Waals surface area contributed by atoms with E-state index in [2.05, 4.69) is 0 Å². The van der Waals surface area contributed by atoms with E-state index in [1.54, 1.807) is 61.6 Å². The van der Waals surface area contributed by atoms with Crippen LogP contribution in [-0.4, -0.2) is 85.0 Å². The molecule has 3 aromatic carbocycles. The number of carbonyl (C=O) groups is 6. The van der Waals surface area contributed by atoms with E-state index in [0.717, 1.165) is 49.9 Å². The van der Waals surface area contributed by atoms with Crippen LogP contribution in [0.2, 0.25) is 0 Å². The number of hydrogen-bond donors (Lipinski definition) is 0. The summed E-state index contributed by atoms with van der Waals surface area (Å²) in [7, 11) is 3.06. The highest BCUT2D eigenvalue weighted by molar-refractivity contribution is 8.09. The first-order chi connectivity index (χ1) is 24.3. The normalized spacial score (nSPS) is 17.8. The topological polar surface area (TPSA) is 155 Å². The highest BCUT2D eigenvalue weighted by Gasteiger charge is 2.70. The first kappa shape index (κ1) is 38.4. The van der Waals surface area contributed by atoms with Crippen molar-refractivity contribution in [2.75, 3.05) is 25.7 Å². The minimum Gasteiger partial charge on any atom is -0.497 e. The predicted octanol–water partition coefficient (Wildman–Crippen LogP) is 4.65. The molecule has 14 heteroatoms. The van der Waals surface area contributed by atoms with Crippen molar-refractivity contribution < 1.29 is 52.5 Å². The number of thioether (sulfide) groups is 1. The molecule has 1 aliphatic heterocycles. The van der Waals surface area contributed by atoms with Gasteiger partial charge in [0.25, 0.3) is 5.91 Å². The number of rotatable bonds is 14. The Balaban J connectivity index is 1.86. The SMILES string of the molecule is COc1ccc(N(C(=O)N(C)Cc2ccccc2)C(=O)[C@@]2(c3ccccc3)S[C@H]2[C@@H](OC(C)=O)[C@H](OC(C)=O)[C@@H](COC(C)=O)OC(C)=O)cc1. The summed E-state index contributed by atoms with van der Waals surface area (Å²) < 4.78 is 25.7. The second kappa shape index (κ2) is 17.0. The lowest BCUT2D eigenvalue weighted by Crippen LogP contribution is -2.54. The molecule has 0 aliphatic carbocycles. The van der Waals surface area contributed by atoms with Gasteiger partial charge in [-0.2, -0.15) is 0 Å². The summed E-state index contributed by atoms with van der Waals surface area (Å²) in [6.45, 7) is 4.13. The van der Waals surface area contributed by atoms with Gasteiger partial charge in [0.05, 0.1) is 18.0 Å². The van der Waals surface area contributed by atoms with E-state index in [0.29, 0.717) is 11.3 Å². The minimum absolute atomic E-state index is 0.180. The van der Waals surface area contributed by atoms with Crippen molar-refractivity contribution in [1.29, 1.82) is 0 Å². The molecule has 0 radical (unpaired) electrons. The van der Waals surface area contributed by atoms with Gasteiger partial charge in [0.15, 0.2) is 18.3 Å². The Hall–Kier alpha value is -5.37. The van der Waals surface area contributed by atoms with Crippen LogP contribution in [-0.2, 0) is 54.2 Å². The third-order valence-electron chi connectivity index (χ3n) is 7.85. The van der Waals surface area contributed by atoms with E-state index in [1.807, 2.05) is 30.3 Å². The zero-order chi connectivity index (χ0) is 37.3. The summed E-state index contributed by atoms with van der Waals surface area (Å²) in [6.07, 6.45) is -4.40. The van der Waals surface area contributed by atoms with Gasteiger partial charge in [-0.15, -0.1) is 11.8 Å². The summed E-state index contributed by atoms with van der Waals surface area (Å²) in [5.74, 6) is -3.30. The number of urea groups is 1. The fourth-order valence-corrected chi connectivity index (χ4v) is 7.15. The molecule has 0 bridgehead atoms. The lowest BCUT2D eigenvalue weighted by molar-refractivity contribution is -0.189. The molecular weight excluding hydrogens is 680 g/mol. The Morgan fingerprint density at radius 2 is 1.31 bits per heavy atom. The molecule has 3 amide bonds. The highest BCUT2D eigenvalue weighted by atomic mass is 32.2. The van der Waals surface area contributed by atoms with E-state index < -0.39 is 70.7 Å². The number of benzene rings is 3. The molecule has 4 rings (SSSR count). The van der Waals surface area contributed by atoms with Gasteiger partial charge < -0.3 is 28.6 Å². The zero-order valence-corrected chi connectivity index (χ0v) is 29.9. The van der Waals surface area contributed by atoms with Crippen LogP contribution in [0.15, 0.2) is 84.9 Å². The molecule has 5 atom stereocenters. The quantitative estimate of drug-likeness (QED) is 0.129. The first-order valence-electron chi connectivity index (χ1n) is 15.9. The van der Waals surface area contributed by atoms with Crippen molar-refractivity contribution in [3.05, 3.63) is 96.1 Å². The average molecular weight is 721 g/mol. The van der Waals surface area contributed by atoms with Gasteiger partial charge in [-0.3, -0.25) is 24.0 Å². The Kier molecular flexibility index (Phi) is 12.8. The van der Waals surface area contributed by atoms with Crippen LogP contribution in [0.3, 0.4) is 0 Å². The summed E-state index contributed by atoms with van der Waals surface area (Å²) >= 11 is 1.07. The molecule has 0 unspecified atom stereocenters. The molecule has 13 nitrogen and oxygen atoms in total. The largest absolute Gasteiger partial charge is 0.497 e. The van der Waals surface area contributed by atoms with Crippen molar-refractivity contribution in [3.63, 3.8) is 0 Å². The zero-order valence-electron chi connectivity index (χ0n) is 29.1. The number of anilines is 1. The molecule has 0 saturated carbocycles. The molecule has 1 saturated heterocycles. The molecule has 0 aromatic heterocycles. The van der Waals surface area contributed by atoms with Gasteiger partial charge in [0.1, 0.15) is 17.1 Å². The van der Waals surface area contributed by atoms with Crippen LogP contribution in [0.1, 0.15) is 38.8 Å². The lowest BCUT2D eigenvalue weighted by atomic mass is 9.88. The van der Waals surface area contributed by atoms with Gasteiger partial charge in [-0.25, -0.2) is 9.69 Å².